The first-order chi connectivity index (χ1) is 37.0. The minimum atomic E-state index is -0.798. The Kier molecular flexibility index (Phi) is 58.9. The minimum absolute atomic E-state index is 0.0920. The molecule has 0 aliphatic heterocycles. The van der Waals surface area contributed by atoms with E-state index in [1.165, 1.54) is 89.9 Å². The first kappa shape index (κ1) is 70.8. The Balaban J connectivity index is 4.37. The molecular weight excluding hydrogens is 925 g/mol. The normalized spacial score (nSPS) is 12.9. The largest absolute Gasteiger partial charge is 0.462 e. The molecule has 0 bridgehead atoms. The van der Waals surface area contributed by atoms with Crippen molar-refractivity contribution in [2.75, 3.05) is 13.2 Å². The summed E-state index contributed by atoms with van der Waals surface area (Å²) in [4.78, 5) is 38.2. The molecule has 0 radical (unpaired) electrons. The predicted octanol–water partition coefficient (Wildman–Crippen LogP) is 21.2. The first-order valence-electron chi connectivity index (χ1n) is 31.0. The van der Waals surface area contributed by atoms with E-state index in [1.54, 1.807) is 0 Å². The molecule has 0 aromatic rings. The van der Waals surface area contributed by atoms with Crippen LogP contribution in [0.5, 0.6) is 0 Å². The van der Waals surface area contributed by atoms with E-state index >= 15 is 0 Å². The van der Waals surface area contributed by atoms with Gasteiger partial charge in [-0.2, -0.15) is 0 Å². The van der Waals surface area contributed by atoms with Crippen LogP contribution in [0.15, 0.2) is 122 Å². The van der Waals surface area contributed by atoms with Gasteiger partial charge >= 0.3 is 17.9 Å². The van der Waals surface area contributed by atoms with Gasteiger partial charge in [0.15, 0.2) is 6.10 Å². The summed E-state index contributed by atoms with van der Waals surface area (Å²) in [6.45, 7) is 6.46. The lowest BCUT2D eigenvalue weighted by Crippen LogP contribution is -2.30. The van der Waals surface area contributed by atoms with E-state index < -0.39 is 6.10 Å². The van der Waals surface area contributed by atoms with Crippen molar-refractivity contribution in [3.63, 3.8) is 0 Å². The summed E-state index contributed by atoms with van der Waals surface area (Å²) in [7, 11) is 0. The molecule has 0 aliphatic carbocycles. The Bertz CT molecular complexity index is 1570. The van der Waals surface area contributed by atoms with Crippen LogP contribution in [0.3, 0.4) is 0 Å². The lowest BCUT2D eigenvalue weighted by molar-refractivity contribution is -0.167. The van der Waals surface area contributed by atoms with Gasteiger partial charge in [0.25, 0.3) is 0 Å². The Morgan fingerprint density at radius 1 is 0.280 bits per heavy atom. The molecule has 0 saturated heterocycles. The van der Waals surface area contributed by atoms with E-state index in [9.17, 15) is 14.4 Å². The number of esters is 3. The second kappa shape index (κ2) is 62.4. The van der Waals surface area contributed by atoms with Crippen LogP contribution in [0.1, 0.15) is 278 Å². The van der Waals surface area contributed by atoms with Gasteiger partial charge in [-0.15, -0.1) is 0 Å². The average molecular weight is 1040 g/mol. The van der Waals surface area contributed by atoms with Crippen molar-refractivity contribution < 1.29 is 28.6 Å². The molecular formula is C69H114O6. The monoisotopic (exact) mass is 1040 g/mol. The standard InChI is InChI=1S/C69H114O6/c1-4-7-10-13-16-19-22-25-28-29-30-31-32-33-34-35-36-37-38-39-40-41-42-45-47-50-53-56-59-62-68(71)74-65-66(75-69(72)63-60-57-54-51-48-44-27-24-21-18-15-12-9-6-3)64-73-67(70)61-58-55-52-49-46-43-26-23-20-17-14-11-8-5-2/h7,10,15-16,18-19,24-25,27-28,30-31,33-34,36-37,39-40,42,45,66H,4-6,8-9,11-14,17,20-23,26,29,32,35,38,41,43-44,46-65H2,1-3H3/b10-7-,18-15-,19-16-,27-24-,28-25-,31-30-,34-33-,37-36-,40-39-,45-42-. The molecule has 0 saturated carbocycles. The molecule has 6 nitrogen and oxygen atoms in total. The number of hydrogen-bond acceptors (Lipinski definition) is 6. The smallest absolute Gasteiger partial charge is 0.306 e. The highest BCUT2D eigenvalue weighted by molar-refractivity contribution is 5.71. The molecule has 0 aliphatic rings. The van der Waals surface area contributed by atoms with Crippen molar-refractivity contribution in [2.24, 2.45) is 0 Å². The van der Waals surface area contributed by atoms with Gasteiger partial charge < -0.3 is 14.2 Å². The fourth-order valence-corrected chi connectivity index (χ4v) is 8.30. The summed E-state index contributed by atoms with van der Waals surface area (Å²) >= 11 is 0. The zero-order chi connectivity index (χ0) is 54.3. The Morgan fingerprint density at radius 3 is 0.853 bits per heavy atom. The maximum absolute atomic E-state index is 12.9. The van der Waals surface area contributed by atoms with E-state index in [0.717, 1.165) is 148 Å². The van der Waals surface area contributed by atoms with Gasteiger partial charge in [0.1, 0.15) is 13.2 Å². The van der Waals surface area contributed by atoms with Crippen molar-refractivity contribution in [1.82, 2.24) is 0 Å². The summed E-state index contributed by atoms with van der Waals surface area (Å²) in [5, 5.41) is 0. The van der Waals surface area contributed by atoms with E-state index in [2.05, 4.69) is 142 Å². The lowest BCUT2D eigenvalue weighted by Gasteiger charge is -2.18. The zero-order valence-corrected chi connectivity index (χ0v) is 48.8. The predicted molar refractivity (Wildman–Crippen MR) is 325 cm³/mol. The number of hydrogen-bond donors (Lipinski definition) is 0. The maximum atomic E-state index is 12.9. The molecule has 0 heterocycles. The highest BCUT2D eigenvalue weighted by Crippen LogP contribution is 2.15. The minimum Gasteiger partial charge on any atom is -0.462 e. The second-order valence-electron chi connectivity index (χ2n) is 20.2. The van der Waals surface area contributed by atoms with Crippen LogP contribution in [0.4, 0.5) is 0 Å². The van der Waals surface area contributed by atoms with E-state index in [4.69, 9.17) is 14.2 Å². The molecule has 1 atom stereocenters. The molecule has 0 N–H and O–H groups in total. The summed E-state index contributed by atoms with van der Waals surface area (Å²) in [6.07, 6.45) is 86.2. The van der Waals surface area contributed by atoms with Crippen LogP contribution in [0.25, 0.3) is 0 Å². The van der Waals surface area contributed by atoms with Gasteiger partial charge in [-0.05, 0) is 109 Å². The van der Waals surface area contributed by atoms with Crippen molar-refractivity contribution >= 4 is 17.9 Å². The molecule has 0 aromatic carbocycles. The fraction of sp³-hybridized carbons (Fsp3) is 0.667. The average Bonchev–Trinajstić information content (AvgIpc) is 3.41. The van der Waals surface area contributed by atoms with Crippen LogP contribution < -0.4 is 0 Å². The van der Waals surface area contributed by atoms with E-state index in [-0.39, 0.29) is 31.1 Å². The number of allylic oxidation sites excluding steroid dienone is 20. The highest BCUT2D eigenvalue weighted by atomic mass is 16.6. The van der Waals surface area contributed by atoms with Gasteiger partial charge in [0.2, 0.25) is 0 Å². The number of rotatable bonds is 55. The van der Waals surface area contributed by atoms with Crippen molar-refractivity contribution in [2.45, 2.75) is 284 Å². The molecule has 426 valence electrons. The first-order valence-corrected chi connectivity index (χ1v) is 31.0. The summed E-state index contributed by atoms with van der Waals surface area (Å²) in [6, 6.07) is 0. The molecule has 6 heteroatoms. The second-order valence-corrected chi connectivity index (χ2v) is 20.2. The molecule has 0 amide bonds. The quantitative estimate of drug-likeness (QED) is 0.0261. The zero-order valence-electron chi connectivity index (χ0n) is 48.8. The topological polar surface area (TPSA) is 78.9 Å². The van der Waals surface area contributed by atoms with Crippen LogP contribution in [-0.4, -0.2) is 37.2 Å². The molecule has 0 rings (SSSR count). The van der Waals surface area contributed by atoms with Gasteiger partial charge in [-0.1, -0.05) is 271 Å². The number of carbonyl (C=O) groups is 3. The number of unbranched alkanes of at least 4 members (excludes halogenated alkanes) is 24. The molecule has 75 heavy (non-hydrogen) atoms. The number of carbonyl (C=O) groups excluding carboxylic acids is 3. The summed E-state index contributed by atoms with van der Waals surface area (Å²) in [5.41, 5.74) is 0. The molecule has 0 spiro atoms. The number of ether oxygens (including phenoxy) is 3. The Morgan fingerprint density at radius 2 is 0.533 bits per heavy atom. The van der Waals surface area contributed by atoms with Crippen molar-refractivity contribution in [3.05, 3.63) is 122 Å². The summed E-state index contributed by atoms with van der Waals surface area (Å²) in [5.74, 6) is -0.929. The molecule has 0 aromatic heterocycles. The third kappa shape index (κ3) is 60.6. The van der Waals surface area contributed by atoms with Crippen molar-refractivity contribution in [1.29, 1.82) is 0 Å². The van der Waals surface area contributed by atoms with Crippen LogP contribution >= 0.6 is 0 Å². The van der Waals surface area contributed by atoms with Gasteiger partial charge in [0, 0.05) is 19.3 Å². The summed E-state index contributed by atoms with van der Waals surface area (Å²) < 4.78 is 16.9. The third-order valence-electron chi connectivity index (χ3n) is 13.0. The fourth-order valence-electron chi connectivity index (χ4n) is 8.30. The third-order valence-corrected chi connectivity index (χ3v) is 13.0. The van der Waals surface area contributed by atoms with Crippen LogP contribution in [0.2, 0.25) is 0 Å². The SMILES string of the molecule is CC/C=C\C/C=C\C/C=C\C/C=C\C/C=C\C/C=C\C/C=C\C/C=C\CCCCCCC(=O)OCC(COC(=O)CCCCCCCCCCCCCCCC)OC(=O)CCCCCCC/C=C\C/C=C\CCCC. The van der Waals surface area contributed by atoms with Crippen molar-refractivity contribution in [3.8, 4) is 0 Å². The Labute approximate surface area is 462 Å². The van der Waals surface area contributed by atoms with E-state index in [0.29, 0.717) is 19.3 Å². The molecule has 0 fully saturated rings. The maximum Gasteiger partial charge on any atom is 0.306 e. The van der Waals surface area contributed by atoms with Gasteiger partial charge in [0.05, 0.1) is 0 Å². The Hall–Kier alpha value is -4.19. The van der Waals surface area contributed by atoms with E-state index in [1.807, 2.05) is 0 Å². The van der Waals surface area contributed by atoms with Crippen LogP contribution in [0, 0.1) is 0 Å². The lowest BCUT2D eigenvalue weighted by atomic mass is 10.0. The van der Waals surface area contributed by atoms with Gasteiger partial charge in [-0.25, -0.2) is 0 Å². The van der Waals surface area contributed by atoms with Gasteiger partial charge in [-0.3, -0.25) is 14.4 Å². The molecule has 1 unspecified atom stereocenters. The van der Waals surface area contributed by atoms with Crippen LogP contribution in [-0.2, 0) is 28.6 Å². The highest BCUT2D eigenvalue weighted by Gasteiger charge is 2.19.